The van der Waals surface area contributed by atoms with Crippen LogP contribution >= 0.6 is 0 Å². The van der Waals surface area contributed by atoms with Crippen LogP contribution in [0.2, 0.25) is 0 Å². The molecule has 1 aromatic carbocycles. The van der Waals surface area contributed by atoms with E-state index in [-0.39, 0.29) is 12.0 Å². The summed E-state index contributed by atoms with van der Waals surface area (Å²) < 4.78 is 11.5. The van der Waals surface area contributed by atoms with Crippen molar-refractivity contribution in [2.75, 3.05) is 13.7 Å². The van der Waals surface area contributed by atoms with Gasteiger partial charge in [-0.05, 0) is 45.4 Å². The van der Waals surface area contributed by atoms with E-state index in [1.165, 1.54) is 0 Å². The normalized spacial score (nSPS) is 25.3. The predicted octanol–water partition coefficient (Wildman–Crippen LogP) is 1.85. The van der Waals surface area contributed by atoms with Crippen molar-refractivity contribution in [3.63, 3.8) is 0 Å². The Morgan fingerprint density at radius 3 is 2.90 bits per heavy atom. The maximum atomic E-state index is 11.7. The highest BCUT2D eigenvalue weighted by atomic mass is 16.5. The molecule has 0 spiro atoms. The number of amides is 1. The van der Waals surface area contributed by atoms with Crippen LogP contribution in [0, 0.1) is 0 Å². The van der Waals surface area contributed by atoms with E-state index in [4.69, 9.17) is 15.2 Å². The van der Waals surface area contributed by atoms with E-state index in [9.17, 15) is 4.79 Å². The van der Waals surface area contributed by atoms with Crippen LogP contribution in [0.4, 0.5) is 0 Å². The maximum Gasteiger partial charge on any atom is 0.237 e. The minimum absolute atomic E-state index is 0.0180. The van der Waals surface area contributed by atoms with E-state index in [0.29, 0.717) is 13.0 Å². The molecule has 1 amide bonds. The molecule has 2 atom stereocenters. The van der Waals surface area contributed by atoms with Gasteiger partial charge in [0.05, 0.1) is 6.61 Å². The van der Waals surface area contributed by atoms with E-state index in [0.717, 1.165) is 30.8 Å². The summed E-state index contributed by atoms with van der Waals surface area (Å²) in [6, 6.07) is 7.59. The molecule has 0 bridgehead atoms. The lowest BCUT2D eigenvalue weighted by Gasteiger charge is -2.38. The van der Waals surface area contributed by atoms with Crippen molar-refractivity contribution < 1.29 is 14.3 Å². The Bertz CT molecular complexity index is 492. The monoisotopic (exact) mass is 292 g/mol. The molecule has 1 aliphatic rings. The Morgan fingerprint density at radius 2 is 2.24 bits per heavy atom. The van der Waals surface area contributed by atoms with Crippen LogP contribution in [0.3, 0.4) is 0 Å². The summed E-state index contributed by atoms with van der Waals surface area (Å²) in [6.45, 7) is 2.57. The van der Waals surface area contributed by atoms with Crippen molar-refractivity contribution in [2.24, 2.45) is 5.73 Å². The number of carbonyl (C=O) groups excluding carboxylic acids is 1. The highest BCUT2D eigenvalue weighted by molar-refractivity contribution is 5.84. The second-order valence-electron chi connectivity index (χ2n) is 5.44. The largest absolute Gasteiger partial charge is 0.494 e. The fraction of sp³-hybridized carbons (Fsp3) is 0.562. The first-order chi connectivity index (χ1) is 10.1. The molecule has 0 saturated heterocycles. The topological polar surface area (TPSA) is 73.6 Å². The van der Waals surface area contributed by atoms with Gasteiger partial charge in [-0.25, -0.2) is 0 Å². The van der Waals surface area contributed by atoms with Crippen molar-refractivity contribution in [1.29, 1.82) is 0 Å². The molecular formula is C16H24N2O3. The first-order valence-corrected chi connectivity index (χ1v) is 7.48. The van der Waals surface area contributed by atoms with E-state index in [1.807, 2.05) is 31.2 Å². The first kappa shape index (κ1) is 15.6. The number of ether oxygens (including phenoxy) is 2. The third kappa shape index (κ3) is 3.67. The summed E-state index contributed by atoms with van der Waals surface area (Å²) in [4.78, 5) is 11.7. The second-order valence-corrected chi connectivity index (χ2v) is 5.44. The number of likely N-dealkylation sites (N-methyl/N-ethyl adjacent to an activating group) is 1. The van der Waals surface area contributed by atoms with E-state index >= 15 is 0 Å². The van der Waals surface area contributed by atoms with Gasteiger partial charge in [0.1, 0.15) is 23.1 Å². The summed E-state index contributed by atoms with van der Waals surface area (Å²) in [6.07, 6.45) is 3.18. The molecule has 1 aliphatic carbocycles. The number of hydrogen-bond acceptors (Lipinski definition) is 4. The average Bonchev–Trinajstić information content (AvgIpc) is 2.48. The van der Waals surface area contributed by atoms with Crippen molar-refractivity contribution in [1.82, 2.24) is 5.32 Å². The number of rotatable bonds is 6. The smallest absolute Gasteiger partial charge is 0.237 e. The molecule has 5 nitrogen and oxygen atoms in total. The molecule has 1 aromatic rings. The van der Waals surface area contributed by atoms with Gasteiger partial charge in [0.2, 0.25) is 5.91 Å². The highest BCUT2D eigenvalue weighted by Crippen LogP contribution is 2.31. The number of hydrogen-bond donors (Lipinski definition) is 2. The van der Waals surface area contributed by atoms with E-state index in [1.54, 1.807) is 7.05 Å². The summed E-state index contributed by atoms with van der Waals surface area (Å²) in [5, 5.41) is 3.09. The Morgan fingerprint density at radius 1 is 1.48 bits per heavy atom. The molecule has 116 valence electrons. The van der Waals surface area contributed by atoms with E-state index in [2.05, 4.69) is 5.32 Å². The zero-order chi connectivity index (χ0) is 15.3. The number of primary amides is 1. The standard InChI is InChI=1S/C16H24N2O3/c1-3-20-12-6-4-7-13(10-12)21-14-8-5-9-16(11-14,18-2)15(17)19/h4,6-7,10,14,18H,3,5,8-9,11H2,1-2H3,(H2,17,19). The number of carbonyl (C=O) groups is 1. The molecular weight excluding hydrogens is 268 g/mol. The molecule has 0 radical (unpaired) electrons. The van der Waals surface area contributed by atoms with Gasteiger partial charge in [0.25, 0.3) is 0 Å². The van der Waals surface area contributed by atoms with Gasteiger partial charge in [-0.2, -0.15) is 0 Å². The van der Waals surface area contributed by atoms with Gasteiger partial charge >= 0.3 is 0 Å². The van der Waals surface area contributed by atoms with Crippen molar-refractivity contribution in [2.45, 2.75) is 44.2 Å². The Kier molecular flexibility index (Phi) is 5.07. The summed E-state index contributed by atoms with van der Waals surface area (Å²) in [5.74, 6) is 1.25. The minimum atomic E-state index is -0.652. The predicted molar refractivity (Wildman–Crippen MR) is 81.5 cm³/mol. The number of nitrogens with one attached hydrogen (secondary N) is 1. The maximum absolute atomic E-state index is 11.7. The number of nitrogens with two attached hydrogens (primary N) is 1. The third-order valence-corrected chi connectivity index (χ3v) is 4.08. The number of benzene rings is 1. The second kappa shape index (κ2) is 6.80. The highest BCUT2D eigenvalue weighted by Gasteiger charge is 2.40. The molecule has 0 aromatic heterocycles. The molecule has 1 saturated carbocycles. The van der Waals surface area contributed by atoms with Crippen LogP contribution in [0.5, 0.6) is 11.5 Å². The van der Waals surface area contributed by atoms with Crippen LogP contribution in [-0.4, -0.2) is 31.2 Å². The molecule has 2 rings (SSSR count). The van der Waals surface area contributed by atoms with E-state index < -0.39 is 5.54 Å². The summed E-state index contributed by atoms with van der Waals surface area (Å²) in [7, 11) is 1.78. The molecule has 2 unspecified atom stereocenters. The van der Waals surface area contributed by atoms with Gasteiger partial charge in [0.15, 0.2) is 0 Å². The SMILES string of the molecule is CCOc1cccc(OC2CCCC(NC)(C(N)=O)C2)c1. The lowest BCUT2D eigenvalue weighted by molar-refractivity contribution is -0.126. The molecule has 21 heavy (non-hydrogen) atoms. The van der Waals surface area contributed by atoms with Gasteiger partial charge in [0, 0.05) is 12.5 Å². The Labute approximate surface area is 125 Å². The average molecular weight is 292 g/mol. The lowest BCUT2D eigenvalue weighted by atomic mass is 9.79. The van der Waals surface area contributed by atoms with Crippen LogP contribution < -0.4 is 20.5 Å². The lowest BCUT2D eigenvalue weighted by Crippen LogP contribution is -2.58. The third-order valence-electron chi connectivity index (χ3n) is 4.08. The molecule has 0 heterocycles. The molecule has 5 heteroatoms. The quantitative estimate of drug-likeness (QED) is 0.839. The summed E-state index contributed by atoms with van der Waals surface area (Å²) >= 11 is 0. The van der Waals surface area contributed by atoms with Crippen LogP contribution in [0.1, 0.15) is 32.6 Å². The van der Waals surface area contributed by atoms with Crippen LogP contribution in [0.15, 0.2) is 24.3 Å². The van der Waals surface area contributed by atoms with Crippen molar-refractivity contribution >= 4 is 5.91 Å². The molecule has 1 fully saturated rings. The summed E-state index contributed by atoms with van der Waals surface area (Å²) in [5.41, 5.74) is 4.90. The molecule has 0 aliphatic heterocycles. The Hall–Kier alpha value is -1.75. The van der Waals surface area contributed by atoms with Gasteiger partial charge in [-0.3, -0.25) is 4.79 Å². The fourth-order valence-corrected chi connectivity index (χ4v) is 2.90. The van der Waals surface area contributed by atoms with Crippen molar-refractivity contribution in [3.8, 4) is 11.5 Å². The Balaban J connectivity index is 2.05. The van der Waals surface area contributed by atoms with Crippen molar-refractivity contribution in [3.05, 3.63) is 24.3 Å². The zero-order valence-corrected chi connectivity index (χ0v) is 12.7. The van der Waals surface area contributed by atoms with Gasteiger partial charge in [-0.15, -0.1) is 0 Å². The fourth-order valence-electron chi connectivity index (χ4n) is 2.90. The van der Waals surface area contributed by atoms with Gasteiger partial charge in [-0.1, -0.05) is 6.07 Å². The zero-order valence-electron chi connectivity index (χ0n) is 12.7. The minimum Gasteiger partial charge on any atom is -0.494 e. The van der Waals surface area contributed by atoms with Crippen LogP contribution in [0.25, 0.3) is 0 Å². The molecule has 3 N–H and O–H groups in total. The van der Waals surface area contributed by atoms with Gasteiger partial charge < -0.3 is 20.5 Å². The first-order valence-electron chi connectivity index (χ1n) is 7.48. The van der Waals surface area contributed by atoms with Crippen LogP contribution in [-0.2, 0) is 4.79 Å².